The lowest BCUT2D eigenvalue weighted by Crippen LogP contribution is -2.63. The maximum Gasteiger partial charge on any atom is 0.255 e. The van der Waals surface area contributed by atoms with E-state index in [-0.39, 0.29) is 17.4 Å². The lowest BCUT2D eigenvalue weighted by molar-refractivity contribution is -0.142. The third-order valence-corrected chi connectivity index (χ3v) is 8.61. The highest BCUT2D eigenvalue weighted by Gasteiger charge is 2.61. The summed E-state index contributed by atoms with van der Waals surface area (Å²) in [5, 5.41) is 8.51. The van der Waals surface area contributed by atoms with Gasteiger partial charge in [0.05, 0.1) is 5.41 Å². The molecule has 3 heterocycles. The number of nitrogens with one attached hydrogen (secondary N) is 1. The zero-order valence-corrected chi connectivity index (χ0v) is 19.0. The molecule has 4 fully saturated rings. The number of carbonyl (C=O) groups is 2. The third-order valence-electron chi connectivity index (χ3n) is 8.61. The van der Waals surface area contributed by atoms with Gasteiger partial charge in [-0.2, -0.15) is 0 Å². The lowest BCUT2D eigenvalue weighted by atomic mass is 9.74. The van der Waals surface area contributed by atoms with Crippen LogP contribution in [0, 0.1) is 16.7 Å². The standard InChI is InChI=1S/C25H36N4O2/c1-18-16-24(2)21(30)28(23(26)29(18)24)17-19-10-14-27(15-11-19)22(31)25(12-6-7-13-25)20-8-4-3-5-9-20/h4,8-9,18-19,26H,3,5-7,10-17H2,1-2H3. The monoisotopic (exact) mass is 424 g/mol. The molecule has 168 valence electrons. The van der Waals surface area contributed by atoms with Crippen LogP contribution in [0.15, 0.2) is 23.8 Å². The number of fused-ring (bicyclic) bond motifs is 1. The predicted octanol–water partition coefficient (Wildman–Crippen LogP) is 3.69. The summed E-state index contributed by atoms with van der Waals surface area (Å²) in [5.74, 6) is 1.16. The Morgan fingerprint density at radius 1 is 1.19 bits per heavy atom. The van der Waals surface area contributed by atoms with Crippen molar-refractivity contribution in [3.05, 3.63) is 23.8 Å². The zero-order chi connectivity index (χ0) is 21.8. The summed E-state index contributed by atoms with van der Waals surface area (Å²) in [6.45, 7) is 6.23. The number of likely N-dealkylation sites (tertiary alicyclic amines) is 1. The molecule has 6 nitrogen and oxygen atoms in total. The first-order valence-electron chi connectivity index (χ1n) is 12.2. The van der Waals surface area contributed by atoms with Crippen molar-refractivity contribution in [1.29, 1.82) is 5.41 Å². The van der Waals surface area contributed by atoms with Gasteiger partial charge in [0.1, 0.15) is 5.54 Å². The van der Waals surface area contributed by atoms with Crippen molar-refractivity contribution < 1.29 is 9.59 Å². The number of amides is 2. The molecule has 0 aromatic rings. The van der Waals surface area contributed by atoms with E-state index in [0.29, 0.717) is 24.3 Å². The van der Waals surface area contributed by atoms with Gasteiger partial charge in [-0.05, 0) is 70.3 Å². The summed E-state index contributed by atoms with van der Waals surface area (Å²) in [6, 6.07) is 0.275. The molecule has 2 amide bonds. The normalized spacial score (nSPS) is 32.9. The van der Waals surface area contributed by atoms with E-state index in [2.05, 4.69) is 30.1 Å². The first-order valence-corrected chi connectivity index (χ1v) is 12.2. The van der Waals surface area contributed by atoms with Crippen LogP contribution >= 0.6 is 0 Å². The number of nitrogens with zero attached hydrogens (tertiary/aromatic N) is 3. The number of allylic oxidation sites excluding steroid dienone is 3. The van der Waals surface area contributed by atoms with Crippen LogP contribution < -0.4 is 0 Å². The molecule has 2 atom stereocenters. The summed E-state index contributed by atoms with van der Waals surface area (Å²) >= 11 is 0. The molecule has 0 aromatic heterocycles. The van der Waals surface area contributed by atoms with Gasteiger partial charge in [-0.3, -0.25) is 19.9 Å². The van der Waals surface area contributed by atoms with Gasteiger partial charge in [-0.1, -0.05) is 31.1 Å². The second-order valence-electron chi connectivity index (χ2n) is 10.6. The fraction of sp³-hybridized carbons (Fsp3) is 0.720. The first-order chi connectivity index (χ1) is 14.9. The van der Waals surface area contributed by atoms with Crippen molar-refractivity contribution in [2.45, 2.75) is 83.2 Å². The Morgan fingerprint density at radius 2 is 1.90 bits per heavy atom. The summed E-state index contributed by atoms with van der Waals surface area (Å²) in [4.78, 5) is 32.4. The van der Waals surface area contributed by atoms with Crippen LogP contribution in [-0.4, -0.2) is 63.7 Å². The molecule has 0 spiro atoms. The average Bonchev–Trinajstić information content (AvgIpc) is 3.32. The molecule has 5 aliphatic rings. The molecule has 3 aliphatic heterocycles. The number of hydrogen-bond acceptors (Lipinski definition) is 3. The van der Waals surface area contributed by atoms with Crippen LogP contribution in [0.5, 0.6) is 0 Å². The van der Waals surface area contributed by atoms with Gasteiger partial charge in [0.25, 0.3) is 5.91 Å². The van der Waals surface area contributed by atoms with Crippen LogP contribution in [-0.2, 0) is 9.59 Å². The second kappa shape index (κ2) is 7.49. The summed E-state index contributed by atoms with van der Waals surface area (Å²) < 4.78 is 0. The third kappa shape index (κ3) is 3.08. The molecule has 31 heavy (non-hydrogen) atoms. The minimum Gasteiger partial charge on any atom is -0.342 e. The Bertz CT molecular complexity index is 848. The topological polar surface area (TPSA) is 67.7 Å². The van der Waals surface area contributed by atoms with E-state index in [0.717, 1.165) is 70.9 Å². The van der Waals surface area contributed by atoms with Crippen molar-refractivity contribution >= 4 is 17.8 Å². The predicted molar refractivity (Wildman–Crippen MR) is 120 cm³/mol. The van der Waals surface area contributed by atoms with Crippen molar-refractivity contribution in [3.63, 3.8) is 0 Å². The van der Waals surface area contributed by atoms with E-state index in [9.17, 15) is 9.59 Å². The average molecular weight is 425 g/mol. The minimum atomic E-state index is -0.497. The lowest BCUT2D eigenvalue weighted by Gasteiger charge is -2.49. The molecule has 5 rings (SSSR count). The molecule has 0 radical (unpaired) electrons. The molecule has 0 bridgehead atoms. The molecular formula is C25H36N4O2. The van der Waals surface area contributed by atoms with E-state index in [1.54, 1.807) is 4.90 Å². The molecule has 2 aliphatic carbocycles. The van der Waals surface area contributed by atoms with E-state index in [1.807, 2.05) is 11.8 Å². The Kier molecular flexibility index (Phi) is 5.02. The van der Waals surface area contributed by atoms with Gasteiger partial charge in [0, 0.05) is 25.7 Å². The minimum absolute atomic E-state index is 0.0926. The SMILES string of the molecule is CC1CC2(C)C(=O)N(CC3CCN(C(=O)C4(C5=CCCC=C5)CCCC4)CC3)C(=N)N12. The molecule has 3 saturated heterocycles. The van der Waals surface area contributed by atoms with Crippen molar-refractivity contribution in [3.8, 4) is 0 Å². The molecule has 6 heteroatoms. The molecule has 1 N–H and O–H groups in total. The maximum atomic E-state index is 13.7. The fourth-order valence-electron chi connectivity index (χ4n) is 6.91. The van der Waals surface area contributed by atoms with Gasteiger partial charge in [-0.25, -0.2) is 0 Å². The van der Waals surface area contributed by atoms with Crippen LogP contribution in [0.1, 0.15) is 71.6 Å². The molecule has 1 saturated carbocycles. The van der Waals surface area contributed by atoms with E-state index in [1.165, 1.54) is 5.57 Å². The molecule has 0 aromatic carbocycles. The van der Waals surface area contributed by atoms with Crippen LogP contribution in [0.2, 0.25) is 0 Å². The van der Waals surface area contributed by atoms with Crippen LogP contribution in [0.4, 0.5) is 0 Å². The Balaban J connectivity index is 1.22. The molecular weight excluding hydrogens is 388 g/mol. The van der Waals surface area contributed by atoms with E-state index in [4.69, 9.17) is 5.41 Å². The summed E-state index contributed by atoms with van der Waals surface area (Å²) in [5.41, 5.74) is 0.462. The fourth-order valence-corrected chi connectivity index (χ4v) is 6.91. The largest absolute Gasteiger partial charge is 0.342 e. The number of rotatable bonds is 4. The number of hydrogen-bond donors (Lipinski definition) is 1. The molecule has 2 unspecified atom stereocenters. The van der Waals surface area contributed by atoms with Gasteiger partial charge in [-0.15, -0.1) is 0 Å². The van der Waals surface area contributed by atoms with E-state index < -0.39 is 5.54 Å². The van der Waals surface area contributed by atoms with Gasteiger partial charge in [0.15, 0.2) is 0 Å². The first kappa shape index (κ1) is 20.8. The number of guanidine groups is 1. The second-order valence-corrected chi connectivity index (χ2v) is 10.6. The summed E-state index contributed by atoms with van der Waals surface area (Å²) in [7, 11) is 0. The van der Waals surface area contributed by atoms with Crippen LogP contribution in [0.3, 0.4) is 0 Å². The highest BCUT2D eigenvalue weighted by molar-refractivity contribution is 6.09. The van der Waals surface area contributed by atoms with Crippen molar-refractivity contribution in [2.75, 3.05) is 19.6 Å². The van der Waals surface area contributed by atoms with Crippen LogP contribution in [0.25, 0.3) is 0 Å². The van der Waals surface area contributed by atoms with Gasteiger partial charge >= 0.3 is 0 Å². The van der Waals surface area contributed by atoms with E-state index >= 15 is 0 Å². The van der Waals surface area contributed by atoms with Crippen molar-refractivity contribution in [1.82, 2.24) is 14.7 Å². The quantitative estimate of drug-likeness (QED) is 0.748. The zero-order valence-electron chi connectivity index (χ0n) is 19.0. The maximum absolute atomic E-state index is 13.7. The highest BCUT2D eigenvalue weighted by Crippen LogP contribution is 2.48. The number of piperidine rings is 1. The summed E-state index contributed by atoms with van der Waals surface area (Å²) in [6.07, 6.45) is 15.8. The smallest absolute Gasteiger partial charge is 0.255 e. The Hall–Kier alpha value is -2.11. The van der Waals surface area contributed by atoms with Gasteiger partial charge in [0.2, 0.25) is 11.9 Å². The van der Waals surface area contributed by atoms with Gasteiger partial charge < -0.3 is 9.80 Å². The Labute approximate surface area is 185 Å². The highest BCUT2D eigenvalue weighted by atomic mass is 16.2. The van der Waals surface area contributed by atoms with Crippen molar-refractivity contribution in [2.24, 2.45) is 11.3 Å². The Morgan fingerprint density at radius 3 is 2.48 bits per heavy atom. The number of carbonyl (C=O) groups excluding carboxylic acids is 2.